The summed E-state index contributed by atoms with van der Waals surface area (Å²) in [6, 6.07) is 0. The molecule has 0 aromatic rings. The molecule has 0 heterocycles. The third-order valence-corrected chi connectivity index (χ3v) is 5.09. The van der Waals surface area contributed by atoms with Crippen molar-refractivity contribution in [3.05, 3.63) is 0 Å². The highest BCUT2D eigenvalue weighted by Gasteiger charge is 2.34. The van der Waals surface area contributed by atoms with Crippen molar-refractivity contribution in [1.82, 2.24) is 10.2 Å². The number of nitrogens with zero attached hydrogens (tertiary/aromatic N) is 1. The lowest BCUT2D eigenvalue weighted by molar-refractivity contribution is 0.177. The summed E-state index contributed by atoms with van der Waals surface area (Å²) in [6.07, 6.45) is 6.46. The molecular weight excluding hydrogens is 272 g/mol. The fourth-order valence-electron chi connectivity index (χ4n) is 3.12. The summed E-state index contributed by atoms with van der Waals surface area (Å²) in [6.45, 7) is 8.24. The van der Waals surface area contributed by atoms with Gasteiger partial charge in [0.1, 0.15) is 9.84 Å². The SMILES string of the molecule is CC(C)CNCC1(CN(C)CCS(C)(=O)=O)CCCC1. The molecule has 0 radical (unpaired) electrons. The second kappa shape index (κ2) is 7.76. The number of hydrogen-bond donors (Lipinski definition) is 1. The van der Waals surface area contributed by atoms with Crippen LogP contribution in [0.4, 0.5) is 0 Å². The van der Waals surface area contributed by atoms with E-state index in [1.807, 2.05) is 7.05 Å². The van der Waals surface area contributed by atoms with Gasteiger partial charge >= 0.3 is 0 Å². The molecule has 0 aliphatic heterocycles. The minimum Gasteiger partial charge on any atom is -0.316 e. The molecule has 0 unspecified atom stereocenters. The zero-order valence-corrected chi connectivity index (χ0v) is 14.4. The van der Waals surface area contributed by atoms with E-state index in [1.54, 1.807) is 0 Å². The Morgan fingerprint density at radius 2 is 1.85 bits per heavy atom. The lowest BCUT2D eigenvalue weighted by Crippen LogP contribution is -2.43. The third kappa shape index (κ3) is 7.04. The molecule has 0 saturated heterocycles. The number of sulfone groups is 1. The van der Waals surface area contributed by atoms with Crippen molar-refractivity contribution >= 4 is 9.84 Å². The average Bonchev–Trinajstić information content (AvgIpc) is 2.74. The molecule has 1 N–H and O–H groups in total. The first-order valence-corrected chi connectivity index (χ1v) is 9.85. The molecule has 0 spiro atoms. The van der Waals surface area contributed by atoms with Crippen LogP contribution in [0.2, 0.25) is 0 Å². The van der Waals surface area contributed by atoms with Gasteiger partial charge < -0.3 is 10.2 Å². The summed E-state index contributed by atoms with van der Waals surface area (Å²) in [7, 11) is -0.809. The van der Waals surface area contributed by atoms with Gasteiger partial charge in [0, 0.05) is 25.9 Å². The van der Waals surface area contributed by atoms with E-state index < -0.39 is 9.84 Å². The number of hydrogen-bond acceptors (Lipinski definition) is 4. The molecule has 0 aromatic heterocycles. The summed E-state index contributed by atoms with van der Waals surface area (Å²) >= 11 is 0. The highest BCUT2D eigenvalue weighted by Crippen LogP contribution is 2.38. The lowest BCUT2D eigenvalue weighted by atomic mass is 9.85. The molecule has 1 aliphatic rings. The maximum atomic E-state index is 11.3. The van der Waals surface area contributed by atoms with E-state index in [2.05, 4.69) is 24.1 Å². The van der Waals surface area contributed by atoms with Crippen LogP contribution in [0.5, 0.6) is 0 Å². The summed E-state index contributed by atoms with van der Waals surface area (Å²) in [5.74, 6) is 0.940. The minimum atomic E-state index is -2.86. The normalized spacial score (nSPS) is 19.1. The molecule has 0 aromatic carbocycles. The second-order valence-electron chi connectivity index (χ2n) is 7.10. The Labute approximate surface area is 125 Å². The summed E-state index contributed by atoms with van der Waals surface area (Å²) in [5.41, 5.74) is 0.348. The van der Waals surface area contributed by atoms with E-state index in [0.717, 1.165) is 19.6 Å². The molecule has 5 heteroatoms. The van der Waals surface area contributed by atoms with E-state index in [9.17, 15) is 8.42 Å². The van der Waals surface area contributed by atoms with Gasteiger partial charge in [-0.05, 0) is 37.8 Å². The van der Waals surface area contributed by atoms with Crippen molar-refractivity contribution in [2.45, 2.75) is 39.5 Å². The summed E-state index contributed by atoms with van der Waals surface area (Å²) in [4.78, 5) is 2.20. The average molecular weight is 305 g/mol. The predicted octanol–water partition coefficient (Wildman–Crippen LogP) is 1.77. The Balaban J connectivity index is 2.45. The third-order valence-electron chi connectivity index (χ3n) is 4.17. The van der Waals surface area contributed by atoms with E-state index >= 15 is 0 Å². The Hall–Kier alpha value is -0.130. The monoisotopic (exact) mass is 304 g/mol. The first-order chi connectivity index (χ1) is 9.22. The number of nitrogens with one attached hydrogen (secondary N) is 1. The van der Waals surface area contributed by atoms with Gasteiger partial charge in [0.25, 0.3) is 0 Å². The van der Waals surface area contributed by atoms with Gasteiger partial charge in [-0.3, -0.25) is 0 Å². The Bertz CT molecular complexity index is 373. The smallest absolute Gasteiger partial charge is 0.148 e. The fraction of sp³-hybridized carbons (Fsp3) is 1.00. The van der Waals surface area contributed by atoms with E-state index in [4.69, 9.17) is 0 Å². The fourth-order valence-corrected chi connectivity index (χ4v) is 3.76. The van der Waals surface area contributed by atoms with Gasteiger partial charge in [-0.15, -0.1) is 0 Å². The maximum Gasteiger partial charge on any atom is 0.148 e. The standard InChI is InChI=1S/C15H32N2O2S/c1-14(2)11-16-12-15(7-5-6-8-15)13-17(3)9-10-20(4,18)19/h14,16H,5-13H2,1-4H3. The zero-order valence-electron chi connectivity index (χ0n) is 13.6. The van der Waals surface area contributed by atoms with Crippen LogP contribution in [-0.2, 0) is 9.84 Å². The molecule has 120 valence electrons. The van der Waals surface area contributed by atoms with Gasteiger partial charge in [0.2, 0.25) is 0 Å². The zero-order chi connectivity index (χ0) is 15.2. The van der Waals surface area contributed by atoms with Crippen LogP contribution in [0, 0.1) is 11.3 Å². The van der Waals surface area contributed by atoms with E-state index in [1.165, 1.54) is 31.9 Å². The van der Waals surface area contributed by atoms with Crippen LogP contribution in [-0.4, -0.2) is 58.6 Å². The van der Waals surface area contributed by atoms with Crippen LogP contribution >= 0.6 is 0 Å². The quantitative estimate of drug-likeness (QED) is 0.705. The van der Waals surface area contributed by atoms with Crippen LogP contribution in [0.25, 0.3) is 0 Å². The van der Waals surface area contributed by atoms with Crippen LogP contribution in [0.15, 0.2) is 0 Å². The summed E-state index contributed by atoms with van der Waals surface area (Å²) < 4.78 is 22.5. The molecule has 0 atom stereocenters. The molecule has 20 heavy (non-hydrogen) atoms. The van der Waals surface area contributed by atoms with Crippen molar-refractivity contribution < 1.29 is 8.42 Å². The van der Waals surface area contributed by atoms with Gasteiger partial charge in [0.05, 0.1) is 5.75 Å². The van der Waals surface area contributed by atoms with Crippen LogP contribution in [0.3, 0.4) is 0 Å². The van der Waals surface area contributed by atoms with E-state index in [-0.39, 0.29) is 5.75 Å². The van der Waals surface area contributed by atoms with Crippen molar-refractivity contribution in [2.75, 3.05) is 45.2 Å². The van der Waals surface area contributed by atoms with Gasteiger partial charge in [-0.2, -0.15) is 0 Å². The van der Waals surface area contributed by atoms with Crippen molar-refractivity contribution in [3.63, 3.8) is 0 Å². The largest absolute Gasteiger partial charge is 0.316 e. The van der Waals surface area contributed by atoms with Crippen molar-refractivity contribution in [2.24, 2.45) is 11.3 Å². The molecule has 1 rings (SSSR count). The van der Waals surface area contributed by atoms with Crippen LogP contribution in [0.1, 0.15) is 39.5 Å². The molecule has 1 aliphatic carbocycles. The molecular formula is C15H32N2O2S. The van der Waals surface area contributed by atoms with Crippen molar-refractivity contribution in [3.8, 4) is 0 Å². The molecule has 4 nitrogen and oxygen atoms in total. The van der Waals surface area contributed by atoms with Gasteiger partial charge in [-0.1, -0.05) is 26.7 Å². The Kier molecular flexibility index (Phi) is 6.95. The van der Waals surface area contributed by atoms with E-state index in [0.29, 0.717) is 17.9 Å². The highest BCUT2D eigenvalue weighted by molar-refractivity contribution is 7.90. The van der Waals surface area contributed by atoms with Crippen molar-refractivity contribution in [1.29, 1.82) is 0 Å². The lowest BCUT2D eigenvalue weighted by Gasteiger charge is -2.34. The molecule has 0 bridgehead atoms. The first kappa shape index (κ1) is 17.9. The van der Waals surface area contributed by atoms with Gasteiger partial charge in [0.15, 0.2) is 0 Å². The Morgan fingerprint density at radius 3 is 2.35 bits per heavy atom. The molecule has 0 amide bonds. The summed E-state index contributed by atoms with van der Waals surface area (Å²) in [5, 5.41) is 3.60. The maximum absolute atomic E-state index is 11.3. The minimum absolute atomic E-state index is 0.263. The number of rotatable bonds is 9. The van der Waals surface area contributed by atoms with Gasteiger partial charge in [-0.25, -0.2) is 8.42 Å². The second-order valence-corrected chi connectivity index (χ2v) is 9.36. The predicted molar refractivity (Wildman–Crippen MR) is 85.8 cm³/mol. The first-order valence-electron chi connectivity index (χ1n) is 7.79. The molecule has 1 saturated carbocycles. The Morgan fingerprint density at radius 1 is 1.25 bits per heavy atom. The highest BCUT2D eigenvalue weighted by atomic mass is 32.2. The molecule has 1 fully saturated rings. The van der Waals surface area contributed by atoms with Crippen LogP contribution < -0.4 is 5.32 Å². The topological polar surface area (TPSA) is 49.4 Å².